The van der Waals surface area contributed by atoms with Crippen LogP contribution in [0.25, 0.3) is 0 Å². The van der Waals surface area contributed by atoms with Gasteiger partial charge in [-0.25, -0.2) is 13.1 Å². The number of aliphatic hydroxyl groups is 1. The van der Waals surface area contributed by atoms with Gasteiger partial charge in [-0.15, -0.1) is 0 Å². The lowest BCUT2D eigenvalue weighted by atomic mass is 10.2. The van der Waals surface area contributed by atoms with Gasteiger partial charge in [-0.1, -0.05) is 17.7 Å². The Morgan fingerprint density at radius 2 is 1.89 bits per heavy atom. The van der Waals surface area contributed by atoms with Crippen LogP contribution in [0, 0.1) is 6.92 Å². The monoisotopic (exact) mass is 286 g/mol. The van der Waals surface area contributed by atoms with Crippen molar-refractivity contribution in [2.45, 2.75) is 18.2 Å². The molecule has 0 saturated carbocycles. The molecule has 0 aliphatic carbocycles. The van der Waals surface area contributed by atoms with E-state index in [-0.39, 0.29) is 18.0 Å². The van der Waals surface area contributed by atoms with Gasteiger partial charge in [-0.05, 0) is 25.5 Å². The number of carbonyl (C=O) groups excluding carboxylic acids is 1. The molecule has 3 N–H and O–H groups in total. The van der Waals surface area contributed by atoms with E-state index in [1.807, 2.05) is 6.92 Å². The van der Waals surface area contributed by atoms with Crippen molar-refractivity contribution in [3.05, 3.63) is 29.8 Å². The van der Waals surface area contributed by atoms with Crippen molar-refractivity contribution in [1.29, 1.82) is 0 Å². The summed E-state index contributed by atoms with van der Waals surface area (Å²) in [5.74, 6) is -0.427. The van der Waals surface area contributed by atoms with Gasteiger partial charge in [0.1, 0.15) is 0 Å². The second-order valence-electron chi connectivity index (χ2n) is 4.06. The lowest BCUT2D eigenvalue weighted by molar-refractivity contribution is -0.119. The predicted octanol–water partition coefficient (Wildman–Crippen LogP) is -0.228. The maximum Gasteiger partial charge on any atom is 0.241 e. The van der Waals surface area contributed by atoms with E-state index in [9.17, 15) is 13.2 Å². The third-order valence-electron chi connectivity index (χ3n) is 2.41. The fourth-order valence-electron chi connectivity index (χ4n) is 1.33. The van der Waals surface area contributed by atoms with Gasteiger partial charge >= 0.3 is 0 Å². The minimum absolute atomic E-state index is 0.0185. The summed E-state index contributed by atoms with van der Waals surface area (Å²) < 4.78 is 25.9. The van der Waals surface area contributed by atoms with Gasteiger partial charge < -0.3 is 10.4 Å². The third kappa shape index (κ3) is 5.37. The molecule has 1 aromatic carbocycles. The highest BCUT2D eigenvalue weighted by atomic mass is 32.2. The van der Waals surface area contributed by atoms with Crippen LogP contribution in [0.15, 0.2) is 29.2 Å². The molecule has 1 rings (SSSR count). The second-order valence-corrected chi connectivity index (χ2v) is 5.83. The molecule has 0 spiro atoms. The smallest absolute Gasteiger partial charge is 0.241 e. The van der Waals surface area contributed by atoms with Crippen LogP contribution in [0.5, 0.6) is 0 Å². The zero-order valence-corrected chi connectivity index (χ0v) is 11.5. The van der Waals surface area contributed by atoms with Gasteiger partial charge in [0.15, 0.2) is 0 Å². The van der Waals surface area contributed by atoms with Crippen molar-refractivity contribution < 1.29 is 18.3 Å². The Morgan fingerprint density at radius 1 is 1.26 bits per heavy atom. The first-order chi connectivity index (χ1) is 8.95. The Balaban J connectivity index is 2.51. The Morgan fingerprint density at radius 3 is 2.47 bits per heavy atom. The highest BCUT2D eigenvalue weighted by Crippen LogP contribution is 2.09. The van der Waals surface area contributed by atoms with Crippen molar-refractivity contribution >= 4 is 15.9 Å². The van der Waals surface area contributed by atoms with Gasteiger partial charge in [-0.3, -0.25) is 4.79 Å². The number of sulfonamides is 1. The molecule has 1 aromatic rings. The number of hydrogen-bond donors (Lipinski definition) is 3. The molecule has 0 aromatic heterocycles. The molecule has 6 nitrogen and oxygen atoms in total. The number of amides is 1. The zero-order chi connectivity index (χ0) is 14.3. The summed E-state index contributed by atoms with van der Waals surface area (Å²) in [6, 6.07) is 6.36. The molecular formula is C12H18N2O4S. The van der Waals surface area contributed by atoms with Crippen LogP contribution in [0.1, 0.15) is 12.0 Å². The summed E-state index contributed by atoms with van der Waals surface area (Å²) >= 11 is 0. The predicted molar refractivity (Wildman–Crippen MR) is 71.1 cm³/mol. The first-order valence-electron chi connectivity index (χ1n) is 5.89. The standard InChI is InChI=1S/C12H18N2O4S/c1-10-3-5-11(6-4-10)19(17,18)14-9-12(16)13-7-2-8-15/h3-6,14-15H,2,7-9H2,1H3,(H,13,16). The normalized spacial score (nSPS) is 11.3. The maximum atomic E-state index is 11.8. The number of benzene rings is 1. The molecule has 0 aliphatic heterocycles. The number of hydrogen-bond acceptors (Lipinski definition) is 4. The number of aryl methyl sites for hydroxylation is 1. The van der Waals surface area contributed by atoms with Crippen LogP contribution in [0.4, 0.5) is 0 Å². The van der Waals surface area contributed by atoms with Crippen molar-refractivity contribution in [2.24, 2.45) is 0 Å². The fourth-order valence-corrected chi connectivity index (χ4v) is 2.31. The SMILES string of the molecule is Cc1ccc(S(=O)(=O)NCC(=O)NCCCO)cc1. The Labute approximate surface area is 112 Å². The summed E-state index contributed by atoms with van der Waals surface area (Å²) in [5.41, 5.74) is 0.959. The van der Waals surface area contributed by atoms with Crippen LogP contribution in [-0.2, 0) is 14.8 Å². The summed E-state index contributed by atoms with van der Waals surface area (Å²) in [7, 11) is -3.66. The molecule has 0 atom stereocenters. The summed E-state index contributed by atoms with van der Waals surface area (Å²) in [4.78, 5) is 11.5. The topological polar surface area (TPSA) is 95.5 Å². The van der Waals surface area contributed by atoms with Gasteiger partial charge in [0.05, 0.1) is 11.4 Å². The van der Waals surface area contributed by atoms with Crippen LogP contribution in [0.3, 0.4) is 0 Å². The summed E-state index contributed by atoms with van der Waals surface area (Å²) in [6.07, 6.45) is 0.441. The molecular weight excluding hydrogens is 268 g/mol. The lowest BCUT2D eigenvalue weighted by Crippen LogP contribution is -2.37. The zero-order valence-electron chi connectivity index (χ0n) is 10.7. The maximum absolute atomic E-state index is 11.8. The first-order valence-corrected chi connectivity index (χ1v) is 7.38. The van der Waals surface area contributed by atoms with Crippen LogP contribution in [0.2, 0.25) is 0 Å². The fraction of sp³-hybridized carbons (Fsp3) is 0.417. The van der Waals surface area contributed by atoms with E-state index in [1.165, 1.54) is 12.1 Å². The Kier molecular flexibility index (Phi) is 5.94. The quantitative estimate of drug-likeness (QED) is 0.603. The second kappa shape index (κ2) is 7.22. The average Bonchev–Trinajstić information content (AvgIpc) is 2.37. The molecule has 0 unspecified atom stereocenters. The lowest BCUT2D eigenvalue weighted by Gasteiger charge is -2.07. The van der Waals surface area contributed by atoms with Gasteiger partial charge in [-0.2, -0.15) is 0 Å². The van der Waals surface area contributed by atoms with Crippen molar-refractivity contribution in [2.75, 3.05) is 19.7 Å². The van der Waals surface area contributed by atoms with Crippen molar-refractivity contribution in [1.82, 2.24) is 10.0 Å². The van der Waals surface area contributed by atoms with Crippen molar-refractivity contribution in [3.8, 4) is 0 Å². The molecule has 0 saturated heterocycles. The van der Waals surface area contributed by atoms with Crippen LogP contribution >= 0.6 is 0 Å². The van der Waals surface area contributed by atoms with Crippen molar-refractivity contribution in [3.63, 3.8) is 0 Å². The highest BCUT2D eigenvalue weighted by molar-refractivity contribution is 7.89. The van der Waals surface area contributed by atoms with Crippen LogP contribution in [-0.4, -0.2) is 39.1 Å². The molecule has 0 heterocycles. The highest BCUT2D eigenvalue weighted by Gasteiger charge is 2.14. The average molecular weight is 286 g/mol. The van der Waals surface area contributed by atoms with E-state index in [0.717, 1.165) is 5.56 Å². The van der Waals surface area contributed by atoms with E-state index in [4.69, 9.17) is 5.11 Å². The van der Waals surface area contributed by atoms with E-state index in [0.29, 0.717) is 13.0 Å². The van der Waals surface area contributed by atoms with Crippen LogP contribution < -0.4 is 10.0 Å². The molecule has 0 radical (unpaired) electrons. The molecule has 0 bridgehead atoms. The molecule has 1 amide bonds. The minimum atomic E-state index is -3.66. The third-order valence-corrected chi connectivity index (χ3v) is 3.83. The molecule has 106 valence electrons. The first kappa shape index (κ1) is 15.6. The molecule has 0 fully saturated rings. The van der Waals surface area contributed by atoms with E-state index >= 15 is 0 Å². The van der Waals surface area contributed by atoms with Gasteiger partial charge in [0.2, 0.25) is 15.9 Å². The minimum Gasteiger partial charge on any atom is -0.396 e. The molecule has 0 aliphatic rings. The Hall–Kier alpha value is -1.44. The number of carbonyl (C=O) groups is 1. The van der Waals surface area contributed by atoms with E-state index in [2.05, 4.69) is 10.0 Å². The van der Waals surface area contributed by atoms with E-state index in [1.54, 1.807) is 12.1 Å². The molecule has 7 heteroatoms. The number of rotatable bonds is 7. The van der Waals surface area contributed by atoms with Gasteiger partial charge in [0, 0.05) is 13.2 Å². The molecule has 19 heavy (non-hydrogen) atoms. The van der Waals surface area contributed by atoms with E-state index < -0.39 is 15.9 Å². The number of nitrogens with one attached hydrogen (secondary N) is 2. The summed E-state index contributed by atoms with van der Waals surface area (Å²) in [6.45, 7) is 1.84. The number of aliphatic hydroxyl groups excluding tert-OH is 1. The summed E-state index contributed by atoms with van der Waals surface area (Å²) in [5, 5.41) is 11.0. The van der Waals surface area contributed by atoms with Gasteiger partial charge in [0.25, 0.3) is 0 Å². The largest absolute Gasteiger partial charge is 0.396 e. The Bertz CT molecular complexity index is 511.